The van der Waals surface area contributed by atoms with E-state index in [1.807, 2.05) is 0 Å². The number of carbonyl (C=O) groups excluding carboxylic acids is 1. The molecule has 0 saturated heterocycles. The number of carbonyl (C=O) groups is 1. The zero-order chi connectivity index (χ0) is 10.6. The Morgan fingerprint density at radius 3 is 1.93 bits per heavy atom. The molecule has 0 bridgehead atoms. The van der Waals surface area contributed by atoms with Crippen LogP contribution in [-0.4, -0.2) is 58.1 Å². The van der Waals surface area contributed by atoms with Crippen LogP contribution in [0.3, 0.4) is 0 Å². The Kier molecular flexibility index (Phi) is 9.00. The van der Waals surface area contributed by atoms with Crippen molar-refractivity contribution >= 4 is 5.97 Å². The smallest absolute Gasteiger partial charge is 0.547 e. The van der Waals surface area contributed by atoms with Crippen LogP contribution >= 0.6 is 0 Å². The molecule has 0 amide bonds. The van der Waals surface area contributed by atoms with E-state index in [4.69, 9.17) is 20.4 Å². The summed E-state index contributed by atoms with van der Waals surface area (Å²) in [5.74, 6) is -1.95. The first-order valence-corrected chi connectivity index (χ1v) is 3.37. The summed E-state index contributed by atoms with van der Waals surface area (Å²) in [5, 5.41) is 45.3. The van der Waals surface area contributed by atoms with Crippen LogP contribution in [0, 0.1) is 0 Å². The Morgan fingerprint density at radius 1 is 1.21 bits per heavy atom. The van der Waals surface area contributed by atoms with Gasteiger partial charge in [0.15, 0.2) is 6.29 Å². The van der Waals surface area contributed by atoms with Gasteiger partial charge in [0.25, 0.3) is 0 Å². The van der Waals surface area contributed by atoms with Crippen molar-refractivity contribution in [1.29, 1.82) is 0 Å². The van der Waals surface area contributed by atoms with Gasteiger partial charge in [-0.15, -0.1) is 0 Å². The molecule has 4 unspecified atom stereocenters. The Morgan fingerprint density at radius 2 is 1.64 bits per heavy atom. The number of aliphatic hydroxyl groups excluding tert-OH is 4. The number of aliphatic carboxylic acids is 1. The summed E-state index contributed by atoms with van der Waals surface area (Å²) in [6.07, 6.45) is -8.04. The van der Waals surface area contributed by atoms with Crippen molar-refractivity contribution in [2.45, 2.75) is 24.6 Å². The molecule has 0 spiro atoms. The zero-order valence-corrected chi connectivity index (χ0v) is 9.82. The minimum absolute atomic E-state index is 0. The average molecular weight is 218 g/mol. The summed E-state index contributed by atoms with van der Waals surface area (Å²) in [6, 6.07) is 0. The van der Waals surface area contributed by atoms with E-state index in [2.05, 4.69) is 4.74 Å². The molecule has 0 fully saturated rings. The fourth-order valence-electron chi connectivity index (χ4n) is 0.634. The zero-order valence-electron chi connectivity index (χ0n) is 7.82. The molecule has 0 aromatic heterocycles. The van der Waals surface area contributed by atoms with Gasteiger partial charge in [0, 0.05) is 7.11 Å². The molecule has 0 aliphatic carbocycles. The first-order chi connectivity index (χ1) is 5.91. The minimum atomic E-state index is -2.28. The van der Waals surface area contributed by atoms with Gasteiger partial charge in [-0.2, -0.15) is 0 Å². The van der Waals surface area contributed by atoms with E-state index >= 15 is 0 Å². The molecule has 14 heavy (non-hydrogen) atoms. The van der Waals surface area contributed by atoms with Crippen molar-refractivity contribution in [3.05, 3.63) is 0 Å². The average Bonchev–Trinajstić information content (AvgIpc) is 2.12. The summed E-state index contributed by atoms with van der Waals surface area (Å²) in [7, 11) is 1.03. The third kappa shape index (κ3) is 4.67. The van der Waals surface area contributed by atoms with Gasteiger partial charge in [-0.25, -0.2) is 0 Å². The van der Waals surface area contributed by atoms with Gasteiger partial charge in [0.1, 0.15) is 18.3 Å². The minimum Gasteiger partial charge on any atom is -0.547 e. The third-order valence-electron chi connectivity index (χ3n) is 1.45. The molecule has 0 radical (unpaired) electrons. The molecule has 8 heteroatoms. The van der Waals surface area contributed by atoms with E-state index in [-0.39, 0.29) is 29.6 Å². The molecule has 0 saturated carbocycles. The van der Waals surface area contributed by atoms with E-state index in [9.17, 15) is 9.90 Å². The van der Waals surface area contributed by atoms with Crippen molar-refractivity contribution in [3.8, 4) is 0 Å². The van der Waals surface area contributed by atoms with E-state index < -0.39 is 30.6 Å². The number of ether oxygens (including phenoxy) is 1. The second kappa shape index (κ2) is 7.55. The van der Waals surface area contributed by atoms with Gasteiger partial charge < -0.3 is 35.1 Å². The fourth-order valence-corrected chi connectivity index (χ4v) is 0.634. The van der Waals surface area contributed by atoms with Crippen LogP contribution in [0.1, 0.15) is 0 Å². The maximum absolute atomic E-state index is 10.0. The van der Waals surface area contributed by atoms with Crippen LogP contribution < -0.4 is 34.7 Å². The van der Waals surface area contributed by atoms with E-state index in [0.717, 1.165) is 7.11 Å². The molecule has 0 heterocycles. The molecule has 0 aromatic rings. The summed E-state index contributed by atoms with van der Waals surface area (Å²) in [5.41, 5.74) is 0. The van der Waals surface area contributed by atoms with E-state index in [0.29, 0.717) is 0 Å². The van der Waals surface area contributed by atoms with Crippen LogP contribution in [-0.2, 0) is 9.53 Å². The van der Waals surface area contributed by atoms with Gasteiger partial charge in [-0.3, -0.25) is 0 Å². The fraction of sp³-hybridized carbons (Fsp3) is 0.833. The molecule has 0 rings (SSSR count). The quantitative estimate of drug-likeness (QED) is 0.266. The van der Waals surface area contributed by atoms with Crippen LogP contribution in [0.2, 0.25) is 0 Å². The van der Waals surface area contributed by atoms with Gasteiger partial charge in [0.05, 0.1) is 5.97 Å². The molecule has 0 aromatic carbocycles. The summed E-state index contributed by atoms with van der Waals surface area (Å²) >= 11 is 0. The second-order valence-corrected chi connectivity index (χ2v) is 2.37. The first-order valence-electron chi connectivity index (χ1n) is 3.37. The number of hydrogen-bond donors (Lipinski definition) is 4. The number of methoxy groups -OCH3 is 1. The number of rotatable bonds is 5. The van der Waals surface area contributed by atoms with Crippen LogP contribution in [0.5, 0.6) is 0 Å². The molecule has 0 aliphatic rings. The standard InChI is InChI=1S/C6H12O7.Na/c1-13-6(12)4(9)2(7)3(8)5(10)11;/h2-4,6-9,12H,1H3,(H,10,11);/q;+1/p-1. The number of carboxylic acid groups (broad SMARTS) is 1. The number of carboxylic acids is 1. The predicted molar refractivity (Wildman–Crippen MR) is 36.0 cm³/mol. The number of hydrogen-bond acceptors (Lipinski definition) is 7. The molecule has 78 valence electrons. The van der Waals surface area contributed by atoms with Crippen molar-refractivity contribution in [2.75, 3.05) is 7.11 Å². The van der Waals surface area contributed by atoms with Crippen molar-refractivity contribution in [2.24, 2.45) is 0 Å². The monoisotopic (exact) mass is 218 g/mol. The Hall–Kier alpha value is 0.270. The van der Waals surface area contributed by atoms with Crippen molar-refractivity contribution in [1.82, 2.24) is 0 Å². The van der Waals surface area contributed by atoms with Gasteiger partial charge >= 0.3 is 29.6 Å². The largest absolute Gasteiger partial charge is 1.00 e. The van der Waals surface area contributed by atoms with E-state index in [1.54, 1.807) is 0 Å². The van der Waals surface area contributed by atoms with Crippen molar-refractivity contribution in [3.63, 3.8) is 0 Å². The van der Waals surface area contributed by atoms with E-state index in [1.165, 1.54) is 0 Å². The maximum atomic E-state index is 10.0. The van der Waals surface area contributed by atoms with Gasteiger partial charge in [-0.1, -0.05) is 0 Å². The Labute approximate surface area is 102 Å². The van der Waals surface area contributed by atoms with Gasteiger partial charge in [-0.05, 0) is 0 Å². The van der Waals surface area contributed by atoms with Crippen molar-refractivity contribution < 1.29 is 64.6 Å². The topological polar surface area (TPSA) is 130 Å². The summed E-state index contributed by atoms with van der Waals surface area (Å²) in [6.45, 7) is 0. The normalized spacial score (nSPS) is 18.9. The molecular formula is C6H11NaO7. The predicted octanol–water partition coefficient (Wildman–Crippen LogP) is -7.21. The first kappa shape index (κ1) is 16.7. The molecule has 7 nitrogen and oxygen atoms in total. The SMILES string of the molecule is COC(O)C(O)C(O)C(O)C(=O)[O-].[Na+]. The molecule has 0 aliphatic heterocycles. The molecule has 4 N–H and O–H groups in total. The molecule has 4 atom stereocenters. The van der Waals surface area contributed by atoms with Gasteiger partial charge in [0.2, 0.25) is 0 Å². The second-order valence-electron chi connectivity index (χ2n) is 2.37. The Balaban J connectivity index is 0. The van der Waals surface area contributed by atoms with Crippen LogP contribution in [0.4, 0.5) is 0 Å². The maximum Gasteiger partial charge on any atom is 1.00 e. The van der Waals surface area contributed by atoms with Crippen LogP contribution in [0.15, 0.2) is 0 Å². The summed E-state index contributed by atoms with van der Waals surface area (Å²) in [4.78, 5) is 10.0. The Bertz CT molecular complexity index is 176. The summed E-state index contributed by atoms with van der Waals surface area (Å²) < 4.78 is 4.18. The van der Waals surface area contributed by atoms with Crippen LogP contribution in [0.25, 0.3) is 0 Å². The third-order valence-corrected chi connectivity index (χ3v) is 1.45. The molecular weight excluding hydrogens is 207 g/mol. The number of aliphatic hydroxyl groups is 4.